The summed E-state index contributed by atoms with van der Waals surface area (Å²) >= 11 is 0. The van der Waals surface area contributed by atoms with Crippen LogP contribution < -0.4 is 4.90 Å². The molecule has 0 aromatic carbocycles. The number of nitrogens with zero attached hydrogens (tertiary/aromatic N) is 5. The minimum atomic E-state index is -0.851. The summed E-state index contributed by atoms with van der Waals surface area (Å²) in [6, 6.07) is 0. The zero-order chi connectivity index (χ0) is 20.8. The zero-order valence-electron chi connectivity index (χ0n) is 18.3. The van der Waals surface area contributed by atoms with Crippen LogP contribution in [-0.2, 0) is 0 Å². The van der Waals surface area contributed by atoms with Gasteiger partial charge in [0.25, 0.3) is 0 Å². The number of amides is 1. The third-order valence-electron chi connectivity index (χ3n) is 8.05. The second-order valence-electron chi connectivity index (χ2n) is 10.6. The fourth-order valence-corrected chi connectivity index (χ4v) is 5.97. The molecule has 29 heavy (non-hydrogen) atoms. The van der Waals surface area contributed by atoms with E-state index < -0.39 is 6.09 Å². The summed E-state index contributed by atoms with van der Waals surface area (Å²) in [5.74, 6) is 3.52. The summed E-state index contributed by atoms with van der Waals surface area (Å²) in [7, 11) is 0. The number of aromatic nitrogens is 3. The number of hydrogen-bond donors (Lipinski definition) is 1. The van der Waals surface area contributed by atoms with Crippen molar-refractivity contribution >= 4 is 12.0 Å². The van der Waals surface area contributed by atoms with E-state index in [0.29, 0.717) is 54.8 Å². The number of hydrogen-bond acceptors (Lipinski definition) is 5. The largest absolute Gasteiger partial charge is 0.465 e. The second-order valence-corrected chi connectivity index (χ2v) is 10.6. The highest BCUT2D eigenvalue weighted by Gasteiger charge is 2.50. The Labute approximate surface area is 173 Å². The lowest BCUT2D eigenvalue weighted by molar-refractivity contribution is -0.0505. The molecule has 1 saturated heterocycles. The van der Waals surface area contributed by atoms with Crippen LogP contribution in [0, 0.1) is 22.7 Å². The molecule has 0 bridgehead atoms. The summed E-state index contributed by atoms with van der Waals surface area (Å²) in [5.41, 5.74) is 0.807. The number of carbonyl (C=O) groups is 1. The maximum absolute atomic E-state index is 11.1. The summed E-state index contributed by atoms with van der Waals surface area (Å²) in [6.07, 6.45) is 6.98. The lowest BCUT2D eigenvalue weighted by Gasteiger charge is -2.55. The fourth-order valence-electron chi connectivity index (χ4n) is 5.97. The van der Waals surface area contributed by atoms with Crippen LogP contribution in [0.3, 0.4) is 0 Å². The topological polar surface area (TPSA) is 82.5 Å². The van der Waals surface area contributed by atoms with Crippen molar-refractivity contribution in [3.63, 3.8) is 0 Å². The molecular formula is C22H35N5O2. The molecule has 1 aliphatic heterocycles. The van der Waals surface area contributed by atoms with Crippen molar-refractivity contribution in [2.75, 3.05) is 31.1 Å². The van der Waals surface area contributed by atoms with Crippen LogP contribution in [0.1, 0.15) is 71.5 Å². The molecule has 2 saturated carbocycles. The van der Waals surface area contributed by atoms with Crippen LogP contribution in [0.25, 0.3) is 0 Å². The van der Waals surface area contributed by atoms with Crippen molar-refractivity contribution in [3.05, 3.63) is 12.2 Å². The van der Waals surface area contributed by atoms with Gasteiger partial charge in [0.2, 0.25) is 5.95 Å². The average Bonchev–Trinajstić information content (AvgIpc) is 2.71. The summed E-state index contributed by atoms with van der Waals surface area (Å²) in [4.78, 5) is 28.5. The Hall–Kier alpha value is -1.92. The van der Waals surface area contributed by atoms with Crippen molar-refractivity contribution in [1.82, 2.24) is 19.9 Å². The molecular weight excluding hydrogens is 366 g/mol. The van der Waals surface area contributed by atoms with Crippen molar-refractivity contribution < 1.29 is 9.90 Å². The predicted octanol–water partition coefficient (Wildman–Crippen LogP) is 4.02. The van der Waals surface area contributed by atoms with E-state index in [9.17, 15) is 4.79 Å². The minimum Gasteiger partial charge on any atom is -0.465 e. The number of anilines is 1. The van der Waals surface area contributed by atoms with Gasteiger partial charge in [0.05, 0.1) is 0 Å². The van der Waals surface area contributed by atoms with Crippen molar-refractivity contribution in [2.24, 2.45) is 22.7 Å². The Bertz CT molecular complexity index is 757. The molecule has 1 aromatic heterocycles. The molecule has 1 N–H and O–H groups in total. The number of piperazine rings is 1. The van der Waals surface area contributed by atoms with Gasteiger partial charge in [-0.3, -0.25) is 0 Å². The van der Waals surface area contributed by atoms with Gasteiger partial charge in [0.1, 0.15) is 12.2 Å². The quantitative estimate of drug-likeness (QED) is 0.806. The maximum atomic E-state index is 11.1. The van der Waals surface area contributed by atoms with Crippen LogP contribution in [0.15, 0.2) is 6.33 Å². The van der Waals surface area contributed by atoms with Gasteiger partial charge in [-0.1, -0.05) is 27.7 Å². The van der Waals surface area contributed by atoms with Crippen molar-refractivity contribution in [1.29, 1.82) is 0 Å². The smallest absolute Gasteiger partial charge is 0.407 e. The molecule has 0 spiro atoms. The van der Waals surface area contributed by atoms with Crippen molar-refractivity contribution in [3.8, 4) is 0 Å². The highest BCUT2D eigenvalue weighted by molar-refractivity contribution is 5.65. The van der Waals surface area contributed by atoms with Crippen LogP contribution in [0.5, 0.6) is 0 Å². The molecule has 3 unspecified atom stereocenters. The summed E-state index contributed by atoms with van der Waals surface area (Å²) in [5, 5.41) is 9.15. The molecule has 2 heterocycles. The lowest BCUT2D eigenvalue weighted by Crippen LogP contribution is -2.49. The van der Waals surface area contributed by atoms with Gasteiger partial charge in [-0.15, -0.1) is 0 Å². The van der Waals surface area contributed by atoms with Gasteiger partial charge in [0, 0.05) is 32.1 Å². The van der Waals surface area contributed by atoms with E-state index in [0.717, 1.165) is 24.6 Å². The van der Waals surface area contributed by atoms with Gasteiger partial charge < -0.3 is 14.9 Å². The Morgan fingerprint density at radius 3 is 2.31 bits per heavy atom. The molecule has 2 aliphatic carbocycles. The van der Waals surface area contributed by atoms with Crippen molar-refractivity contribution in [2.45, 2.75) is 65.7 Å². The fraction of sp³-hybridized carbons (Fsp3) is 0.818. The number of fused-ring (bicyclic) bond motifs is 1. The van der Waals surface area contributed by atoms with Crippen LogP contribution in [0.2, 0.25) is 0 Å². The van der Waals surface area contributed by atoms with E-state index in [1.165, 1.54) is 24.2 Å². The third-order valence-corrected chi connectivity index (χ3v) is 8.05. The Morgan fingerprint density at radius 2 is 1.66 bits per heavy atom. The molecule has 4 rings (SSSR count). The van der Waals surface area contributed by atoms with Crippen LogP contribution >= 0.6 is 0 Å². The van der Waals surface area contributed by atoms with Gasteiger partial charge >= 0.3 is 6.09 Å². The molecule has 1 amide bonds. The minimum absolute atomic E-state index is 0.377. The SMILES string of the molecule is CC1(C)CCC(C)(C)C2CC(c3ncnc(N4CCN(C(=O)O)CC4)n3)CCC21. The van der Waals surface area contributed by atoms with E-state index in [2.05, 4.69) is 42.6 Å². The second kappa shape index (κ2) is 7.40. The first kappa shape index (κ1) is 20.4. The average molecular weight is 402 g/mol. The molecule has 3 fully saturated rings. The van der Waals surface area contributed by atoms with E-state index in [1.807, 2.05) is 0 Å². The van der Waals surface area contributed by atoms with Crippen LogP contribution in [-0.4, -0.2) is 57.2 Å². The first-order chi connectivity index (χ1) is 13.7. The van der Waals surface area contributed by atoms with E-state index in [1.54, 1.807) is 6.33 Å². The lowest BCUT2D eigenvalue weighted by atomic mass is 9.50. The number of rotatable bonds is 2. The highest BCUT2D eigenvalue weighted by Crippen LogP contribution is 2.59. The van der Waals surface area contributed by atoms with Crippen LogP contribution in [0.4, 0.5) is 10.7 Å². The van der Waals surface area contributed by atoms with E-state index >= 15 is 0 Å². The third kappa shape index (κ3) is 3.92. The first-order valence-corrected chi connectivity index (χ1v) is 11.1. The van der Waals surface area contributed by atoms with Gasteiger partial charge in [0.15, 0.2) is 0 Å². The Kier molecular flexibility index (Phi) is 5.20. The molecule has 3 atom stereocenters. The maximum Gasteiger partial charge on any atom is 0.407 e. The molecule has 7 heteroatoms. The summed E-state index contributed by atoms with van der Waals surface area (Å²) in [6.45, 7) is 12.1. The molecule has 0 radical (unpaired) electrons. The number of carboxylic acid groups (broad SMARTS) is 1. The van der Waals surface area contributed by atoms with Gasteiger partial charge in [-0.05, 0) is 54.8 Å². The zero-order valence-corrected chi connectivity index (χ0v) is 18.3. The van der Waals surface area contributed by atoms with E-state index in [-0.39, 0.29) is 0 Å². The monoisotopic (exact) mass is 401 g/mol. The standard InChI is InChI=1S/C22H35N5O2/c1-21(2)7-8-22(3,4)17-13-15(5-6-16(17)21)18-23-14-24-19(25-18)26-9-11-27(12-10-26)20(28)29/h14-17H,5-13H2,1-4H3,(H,28,29). The molecule has 7 nitrogen and oxygen atoms in total. The van der Waals surface area contributed by atoms with Gasteiger partial charge in [-0.25, -0.2) is 14.8 Å². The summed E-state index contributed by atoms with van der Waals surface area (Å²) < 4.78 is 0. The highest BCUT2D eigenvalue weighted by atomic mass is 16.4. The molecule has 160 valence electrons. The normalized spacial score (nSPS) is 31.2. The predicted molar refractivity (Wildman–Crippen MR) is 112 cm³/mol. The first-order valence-electron chi connectivity index (χ1n) is 11.1. The Balaban J connectivity index is 1.49. The molecule has 3 aliphatic rings. The molecule has 1 aromatic rings. The Morgan fingerprint density at radius 1 is 1.00 bits per heavy atom. The van der Waals surface area contributed by atoms with E-state index in [4.69, 9.17) is 10.1 Å². The van der Waals surface area contributed by atoms with Gasteiger partial charge in [-0.2, -0.15) is 4.98 Å².